The molecule has 0 bridgehead atoms. The highest BCUT2D eigenvalue weighted by molar-refractivity contribution is 7.19. The Morgan fingerprint density at radius 2 is 2.08 bits per heavy atom. The van der Waals surface area contributed by atoms with E-state index in [9.17, 15) is 4.79 Å². The van der Waals surface area contributed by atoms with E-state index < -0.39 is 0 Å². The van der Waals surface area contributed by atoms with Crippen molar-refractivity contribution in [3.63, 3.8) is 0 Å². The third-order valence-electron chi connectivity index (χ3n) is 6.13. The number of para-hydroxylation sites is 2. The molecule has 5 aromatic rings. The van der Waals surface area contributed by atoms with Crippen LogP contribution in [0.4, 0.5) is 21.5 Å². The topological polar surface area (TPSA) is 107 Å². The van der Waals surface area contributed by atoms with Crippen LogP contribution in [0.5, 0.6) is 5.75 Å². The van der Waals surface area contributed by atoms with E-state index in [1.165, 1.54) is 35.5 Å². The van der Waals surface area contributed by atoms with E-state index in [0.29, 0.717) is 22.2 Å². The smallest absolute Gasteiger partial charge is 0.265 e. The largest absolute Gasteiger partial charge is 0.490 e. The fourth-order valence-corrected chi connectivity index (χ4v) is 5.56. The molecule has 4 heterocycles. The molecule has 8 nitrogen and oxygen atoms in total. The number of nitrogens with zero attached hydrogens (tertiary/aromatic N) is 3. The van der Waals surface area contributed by atoms with Crippen molar-refractivity contribution in [3.05, 3.63) is 71.2 Å². The molecule has 1 saturated carbocycles. The number of nitrogens with one attached hydrogen (secondary N) is 2. The molecule has 1 unspecified atom stereocenters. The maximum Gasteiger partial charge on any atom is 0.265 e. The number of fused-ring (bicyclic) bond motifs is 1. The van der Waals surface area contributed by atoms with Gasteiger partial charge in [0.2, 0.25) is 0 Å². The highest BCUT2D eigenvalue weighted by Gasteiger charge is 2.29. The molecule has 1 atom stereocenters. The molecule has 0 aliphatic heterocycles. The van der Waals surface area contributed by atoms with Crippen LogP contribution in [0, 0.1) is 5.92 Å². The maximum absolute atomic E-state index is 12.6. The molecular formula is C26H24N6O2S2. The van der Waals surface area contributed by atoms with E-state index in [-0.39, 0.29) is 12.0 Å². The van der Waals surface area contributed by atoms with Gasteiger partial charge in [0, 0.05) is 17.6 Å². The molecule has 1 aliphatic rings. The average Bonchev–Trinajstić information content (AvgIpc) is 3.24. The van der Waals surface area contributed by atoms with Gasteiger partial charge in [-0.2, -0.15) is 0 Å². The summed E-state index contributed by atoms with van der Waals surface area (Å²) in [5.74, 6) is 1.31. The SMILES string of the molecule is CC(Oc1ccn2c(-c3csc(Nc4ccc(C(=O)Nc5ccccc5N)s4)n3)cnc2c1)C1CC1. The van der Waals surface area contributed by atoms with Crippen LogP contribution in [0.1, 0.15) is 29.4 Å². The number of carbonyl (C=O) groups is 1. The summed E-state index contributed by atoms with van der Waals surface area (Å²) in [5, 5.41) is 9.71. The number of nitrogens with two attached hydrogens (primary N) is 1. The zero-order valence-corrected chi connectivity index (χ0v) is 21.1. The van der Waals surface area contributed by atoms with Crippen molar-refractivity contribution in [2.24, 2.45) is 5.92 Å². The molecule has 1 amide bonds. The quantitative estimate of drug-likeness (QED) is 0.210. The van der Waals surface area contributed by atoms with Crippen LogP contribution in [0.25, 0.3) is 17.0 Å². The number of ether oxygens (including phenoxy) is 1. The average molecular weight is 517 g/mol. The number of imidazole rings is 1. The lowest BCUT2D eigenvalue weighted by atomic mass is 10.2. The third-order valence-corrected chi connectivity index (χ3v) is 7.89. The van der Waals surface area contributed by atoms with Crippen LogP contribution in [0.3, 0.4) is 0 Å². The van der Waals surface area contributed by atoms with Gasteiger partial charge in [0.15, 0.2) is 5.13 Å². The van der Waals surface area contributed by atoms with E-state index in [0.717, 1.165) is 32.9 Å². The summed E-state index contributed by atoms with van der Waals surface area (Å²) in [5.41, 5.74) is 9.60. The van der Waals surface area contributed by atoms with Gasteiger partial charge in [-0.25, -0.2) is 9.97 Å². The molecule has 0 spiro atoms. The van der Waals surface area contributed by atoms with Crippen molar-refractivity contribution in [2.75, 3.05) is 16.4 Å². The molecule has 36 heavy (non-hydrogen) atoms. The summed E-state index contributed by atoms with van der Waals surface area (Å²) < 4.78 is 8.09. The second kappa shape index (κ2) is 9.29. The van der Waals surface area contributed by atoms with Gasteiger partial charge in [-0.1, -0.05) is 12.1 Å². The van der Waals surface area contributed by atoms with E-state index in [4.69, 9.17) is 15.5 Å². The van der Waals surface area contributed by atoms with Crippen molar-refractivity contribution in [2.45, 2.75) is 25.9 Å². The standard InChI is InChI=1S/C26H24N6O2S2/c1-15(16-6-7-16)34-17-10-11-32-21(13-28-23(32)12-17)20-14-35-26(30-20)31-24-9-8-22(36-24)25(33)29-19-5-3-2-4-18(19)27/h2-5,8-16H,6-7,27H2,1H3,(H,29,33)(H,30,31). The number of nitrogen functional groups attached to an aromatic ring is 1. The van der Waals surface area contributed by atoms with Gasteiger partial charge in [-0.05, 0) is 56.0 Å². The summed E-state index contributed by atoms with van der Waals surface area (Å²) in [6.45, 7) is 2.13. The van der Waals surface area contributed by atoms with Gasteiger partial charge in [0.05, 0.1) is 39.2 Å². The van der Waals surface area contributed by atoms with Crippen LogP contribution >= 0.6 is 22.7 Å². The fraction of sp³-hybridized carbons (Fsp3) is 0.192. The number of rotatable bonds is 8. The number of thiophene rings is 1. The molecule has 4 aromatic heterocycles. The zero-order chi connectivity index (χ0) is 24.6. The molecule has 1 fully saturated rings. The highest BCUT2D eigenvalue weighted by atomic mass is 32.1. The molecule has 4 N–H and O–H groups in total. The lowest BCUT2D eigenvalue weighted by molar-refractivity contribution is 0.103. The highest BCUT2D eigenvalue weighted by Crippen LogP contribution is 2.35. The Hall–Kier alpha value is -3.89. The number of thiazole rings is 1. The molecule has 1 aromatic carbocycles. The van der Waals surface area contributed by atoms with E-state index in [2.05, 4.69) is 22.5 Å². The predicted octanol–water partition coefficient (Wildman–Crippen LogP) is 6.27. The second-order valence-electron chi connectivity index (χ2n) is 8.76. The first-order valence-corrected chi connectivity index (χ1v) is 13.4. The first kappa shape index (κ1) is 22.6. The lowest BCUT2D eigenvalue weighted by Gasteiger charge is -2.13. The van der Waals surface area contributed by atoms with Gasteiger partial charge >= 0.3 is 0 Å². The van der Waals surface area contributed by atoms with Gasteiger partial charge in [0.1, 0.15) is 17.1 Å². The molecular weight excluding hydrogens is 492 g/mol. The molecule has 0 saturated heterocycles. The number of hydrogen-bond acceptors (Lipinski definition) is 8. The number of amides is 1. The van der Waals surface area contributed by atoms with Gasteiger partial charge in [0.25, 0.3) is 5.91 Å². The molecule has 10 heteroatoms. The predicted molar refractivity (Wildman–Crippen MR) is 146 cm³/mol. The summed E-state index contributed by atoms with van der Waals surface area (Å²) in [6, 6.07) is 14.8. The van der Waals surface area contributed by atoms with Gasteiger partial charge in [-0.3, -0.25) is 9.20 Å². The molecule has 182 valence electrons. The Morgan fingerprint density at radius 3 is 2.92 bits per heavy atom. The van der Waals surface area contributed by atoms with Crippen LogP contribution in [0.2, 0.25) is 0 Å². The monoisotopic (exact) mass is 516 g/mol. The Kier molecular flexibility index (Phi) is 5.82. The first-order valence-electron chi connectivity index (χ1n) is 11.7. The van der Waals surface area contributed by atoms with E-state index >= 15 is 0 Å². The van der Waals surface area contributed by atoms with Crippen molar-refractivity contribution < 1.29 is 9.53 Å². The minimum Gasteiger partial charge on any atom is -0.490 e. The fourth-order valence-electron chi connectivity index (χ4n) is 3.98. The van der Waals surface area contributed by atoms with Gasteiger partial charge < -0.3 is 21.1 Å². The molecule has 1 aliphatic carbocycles. The van der Waals surface area contributed by atoms with Crippen molar-refractivity contribution in [1.82, 2.24) is 14.4 Å². The Bertz CT molecular complexity index is 1550. The minimum atomic E-state index is -0.202. The number of anilines is 4. The van der Waals surface area contributed by atoms with Crippen LogP contribution in [-0.2, 0) is 0 Å². The van der Waals surface area contributed by atoms with E-state index in [1.807, 2.05) is 52.5 Å². The number of aromatic nitrogens is 3. The van der Waals surface area contributed by atoms with Crippen LogP contribution in [0.15, 0.2) is 66.3 Å². The first-order chi connectivity index (χ1) is 17.5. The lowest BCUT2D eigenvalue weighted by Crippen LogP contribution is -2.13. The number of benzene rings is 1. The Labute approximate surface area is 215 Å². The van der Waals surface area contributed by atoms with Crippen LogP contribution in [-0.4, -0.2) is 26.4 Å². The number of pyridine rings is 1. The molecule has 6 rings (SSSR count). The summed E-state index contributed by atoms with van der Waals surface area (Å²) in [7, 11) is 0. The summed E-state index contributed by atoms with van der Waals surface area (Å²) >= 11 is 2.85. The minimum absolute atomic E-state index is 0.202. The molecule has 0 radical (unpaired) electrons. The van der Waals surface area contributed by atoms with Crippen molar-refractivity contribution in [3.8, 4) is 17.1 Å². The number of carbonyl (C=O) groups excluding carboxylic acids is 1. The second-order valence-corrected chi connectivity index (χ2v) is 10.7. The number of hydrogen-bond donors (Lipinski definition) is 3. The van der Waals surface area contributed by atoms with Crippen molar-refractivity contribution in [1.29, 1.82) is 0 Å². The van der Waals surface area contributed by atoms with Gasteiger partial charge in [-0.15, -0.1) is 22.7 Å². The maximum atomic E-state index is 12.6. The third kappa shape index (κ3) is 4.65. The Balaban J connectivity index is 1.14. The zero-order valence-electron chi connectivity index (χ0n) is 19.5. The normalized spacial score (nSPS) is 14.0. The van der Waals surface area contributed by atoms with E-state index in [1.54, 1.807) is 18.2 Å². The summed E-state index contributed by atoms with van der Waals surface area (Å²) in [4.78, 5) is 22.5. The van der Waals surface area contributed by atoms with Crippen molar-refractivity contribution >= 4 is 55.7 Å². The van der Waals surface area contributed by atoms with Crippen LogP contribution < -0.4 is 21.1 Å². The summed E-state index contributed by atoms with van der Waals surface area (Å²) in [6.07, 6.45) is 6.53. The Morgan fingerprint density at radius 1 is 1.22 bits per heavy atom.